The van der Waals surface area contributed by atoms with Crippen LogP contribution in [0.3, 0.4) is 0 Å². The summed E-state index contributed by atoms with van der Waals surface area (Å²) in [5.41, 5.74) is 0. The van der Waals surface area contributed by atoms with Crippen molar-refractivity contribution in [2.24, 2.45) is 0 Å². The van der Waals surface area contributed by atoms with Crippen LogP contribution in [0.25, 0.3) is 0 Å². The number of unbranched alkanes of at least 4 members (excludes halogenated alkanes) is 2. The van der Waals surface area contributed by atoms with Crippen LogP contribution in [0, 0.1) is 0 Å². The Morgan fingerprint density at radius 3 is 2.92 bits per heavy atom. The highest BCUT2D eigenvalue weighted by Gasteiger charge is 2.02. The second-order valence-electron chi connectivity index (χ2n) is 2.99. The predicted molar refractivity (Wildman–Crippen MR) is 54.4 cm³/mol. The van der Waals surface area contributed by atoms with Gasteiger partial charge in [-0.25, -0.2) is 4.98 Å². The van der Waals surface area contributed by atoms with Gasteiger partial charge in [0.1, 0.15) is 0 Å². The fourth-order valence-electron chi connectivity index (χ4n) is 1.17. The number of hydrogen-bond acceptors (Lipinski definition) is 2. The van der Waals surface area contributed by atoms with E-state index in [1.54, 1.807) is 6.20 Å². The number of rotatable bonds is 5. The van der Waals surface area contributed by atoms with Gasteiger partial charge in [0.15, 0.2) is 0 Å². The summed E-state index contributed by atoms with van der Waals surface area (Å²) in [6.07, 6.45) is 10.5. The number of nitrogens with zero attached hydrogens (tertiary/aromatic N) is 2. The maximum Gasteiger partial charge on any atom is 0.0955 e. The summed E-state index contributed by atoms with van der Waals surface area (Å²) in [5.74, 6) is 0. The first-order valence-corrected chi connectivity index (χ1v) is 5.01. The molecule has 1 aromatic heterocycles. The number of aromatic nitrogens is 2. The Hall–Kier alpha value is -0.440. The zero-order valence-electron chi connectivity index (χ0n) is 7.48. The molecule has 0 amide bonds. The van der Waals surface area contributed by atoms with E-state index in [1.165, 1.54) is 19.3 Å². The molecule has 68 valence electrons. The quantitative estimate of drug-likeness (QED) is 0.550. The van der Waals surface area contributed by atoms with Crippen LogP contribution >= 0.6 is 12.6 Å². The maximum absolute atomic E-state index is 4.48. The van der Waals surface area contributed by atoms with Crippen LogP contribution in [0.5, 0.6) is 0 Å². The molecule has 0 aliphatic rings. The smallest absolute Gasteiger partial charge is 0.0955 e. The van der Waals surface area contributed by atoms with Crippen molar-refractivity contribution >= 4 is 12.6 Å². The molecule has 3 heteroatoms. The molecule has 1 unspecified atom stereocenters. The van der Waals surface area contributed by atoms with E-state index >= 15 is 0 Å². The van der Waals surface area contributed by atoms with Crippen molar-refractivity contribution in [1.82, 2.24) is 9.55 Å². The minimum Gasteiger partial charge on any atom is -0.325 e. The lowest BCUT2D eigenvalue weighted by Gasteiger charge is -2.10. The van der Waals surface area contributed by atoms with Crippen LogP contribution in [0.15, 0.2) is 18.7 Å². The van der Waals surface area contributed by atoms with Crippen LogP contribution in [-0.2, 0) is 0 Å². The van der Waals surface area contributed by atoms with E-state index < -0.39 is 0 Å². The van der Waals surface area contributed by atoms with E-state index in [0.29, 0.717) is 5.37 Å². The van der Waals surface area contributed by atoms with Crippen molar-refractivity contribution in [3.63, 3.8) is 0 Å². The SMILES string of the molecule is CCCCCC(S)n1ccnc1. The van der Waals surface area contributed by atoms with Gasteiger partial charge in [0.25, 0.3) is 0 Å². The van der Waals surface area contributed by atoms with Crippen LogP contribution in [0.2, 0.25) is 0 Å². The molecule has 1 atom stereocenters. The molecule has 0 aliphatic carbocycles. The molecule has 0 aliphatic heterocycles. The zero-order valence-corrected chi connectivity index (χ0v) is 8.37. The Labute approximate surface area is 79.4 Å². The van der Waals surface area contributed by atoms with Crippen molar-refractivity contribution in [2.75, 3.05) is 0 Å². The average Bonchev–Trinajstić information content (AvgIpc) is 2.56. The monoisotopic (exact) mass is 184 g/mol. The predicted octanol–water partition coefficient (Wildman–Crippen LogP) is 2.89. The van der Waals surface area contributed by atoms with Crippen molar-refractivity contribution in [3.8, 4) is 0 Å². The first kappa shape index (κ1) is 9.65. The van der Waals surface area contributed by atoms with Crippen molar-refractivity contribution in [2.45, 2.75) is 38.0 Å². The Kier molecular flexibility index (Phi) is 4.22. The van der Waals surface area contributed by atoms with Gasteiger partial charge in [-0.15, -0.1) is 0 Å². The second-order valence-corrected chi connectivity index (χ2v) is 3.58. The zero-order chi connectivity index (χ0) is 8.81. The molecule has 0 fully saturated rings. The van der Waals surface area contributed by atoms with Crippen molar-refractivity contribution in [1.29, 1.82) is 0 Å². The minimum absolute atomic E-state index is 0.305. The molecule has 1 rings (SSSR count). The molecule has 1 aromatic rings. The maximum atomic E-state index is 4.48. The molecule has 2 nitrogen and oxygen atoms in total. The number of hydrogen-bond donors (Lipinski definition) is 1. The van der Waals surface area contributed by atoms with Gasteiger partial charge in [-0.3, -0.25) is 0 Å². The normalized spacial score (nSPS) is 13.2. The fourth-order valence-corrected chi connectivity index (χ4v) is 1.49. The summed E-state index contributed by atoms with van der Waals surface area (Å²) < 4.78 is 2.04. The summed E-state index contributed by atoms with van der Waals surface area (Å²) in [6, 6.07) is 0. The van der Waals surface area contributed by atoms with Gasteiger partial charge in [0.2, 0.25) is 0 Å². The van der Waals surface area contributed by atoms with E-state index in [1.807, 2.05) is 17.1 Å². The van der Waals surface area contributed by atoms with Gasteiger partial charge in [-0.05, 0) is 6.42 Å². The topological polar surface area (TPSA) is 17.8 Å². The molecule has 0 radical (unpaired) electrons. The number of thiol groups is 1. The molecular weight excluding hydrogens is 168 g/mol. The Balaban J connectivity index is 2.25. The van der Waals surface area contributed by atoms with E-state index in [-0.39, 0.29) is 0 Å². The molecule has 0 saturated heterocycles. The van der Waals surface area contributed by atoms with E-state index in [2.05, 4.69) is 24.5 Å². The first-order chi connectivity index (χ1) is 5.84. The molecular formula is C9H16N2S. The minimum atomic E-state index is 0.305. The highest BCUT2D eigenvalue weighted by Crippen LogP contribution is 2.18. The Morgan fingerprint density at radius 2 is 2.33 bits per heavy atom. The van der Waals surface area contributed by atoms with Crippen LogP contribution in [0.1, 0.15) is 38.0 Å². The lowest BCUT2D eigenvalue weighted by atomic mass is 10.2. The summed E-state index contributed by atoms with van der Waals surface area (Å²) in [7, 11) is 0. The highest BCUT2D eigenvalue weighted by molar-refractivity contribution is 7.80. The summed E-state index contributed by atoms with van der Waals surface area (Å²) in [4.78, 5) is 3.99. The molecule has 0 spiro atoms. The largest absolute Gasteiger partial charge is 0.325 e. The average molecular weight is 184 g/mol. The third kappa shape index (κ3) is 2.89. The first-order valence-electron chi connectivity index (χ1n) is 4.50. The molecule has 12 heavy (non-hydrogen) atoms. The van der Waals surface area contributed by atoms with Crippen molar-refractivity contribution in [3.05, 3.63) is 18.7 Å². The molecule has 0 N–H and O–H groups in total. The summed E-state index contributed by atoms with van der Waals surface area (Å²) in [6.45, 7) is 2.21. The highest BCUT2D eigenvalue weighted by atomic mass is 32.1. The standard InChI is InChI=1S/C9H16N2S/c1-2-3-4-5-9(12)11-7-6-10-8-11/h6-9,12H,2-5H2,1H3. The summed E-state index contributed by atoms with van der Waals surface area (Å²) >= 11 is 4.48. The Bertz CT molecular complexity index is 196. The molecule has 0 aromatic carbocycles. The van der Waals surface area contributed by atoms with E-state index in [0.717, 1.165) is 6.42 Å². The van der Waals surface area contributed by atoms with Crippen LogP contribution < -0.4 is 0 Å². The lowest BCUT2D eigenvalue weighted by Crippen LogP contribution is -1.99. The van der Waals surface area contributed by atoms with Gasteiger partial charge >= 0.3 is 0 Å². The Morgan fingerprint density at radius 1 is 1.50 bits per heavy atom. The van der Waals surface area contributed by atoms with Gasteiger partial charge in [-0.1, -0.05) is 26.2 Å². The van der Waals surface area contributed by atoms with E-state index in [9.17, 15) is 0 Å². The third-order valence-electron chi connectivity index (χ3n) is 1.93. The molecule has 1 heterocycles. The lowest BCUT2D eigenvalue weighted by molar-refractivity contribution is 0.572. The summed E-state index contributed by atoms with van der Waals surface area (Å²) in [5, 5.41) is 0.305. The van der Waals surface area contributed by atoms with Gasteiger partial charge in [0, 0.05) is 12.4 Å². The molecule has 0 bridgehead atoms. The third-order valence-corrected chi connectivity index (χ3v) is 2.46. The van der Waals surface area contributed by atoms with Crippen LogP contribution in [-0.4, -0.2) is 9.55 Å². The van der Waals surface area contributed by atoms with Crippen molar-refractivity contribution < 1.29 is 0 Å². The van der Waals surface area contributed by atoms with E-state index in [4.69, 9.17) is 0 Å². The second kappa shape index (κ2) is 5.25. The van der Waals surface area contributed by atoms with Gasteiger partial charge in [0.05, 0.1) is 11.7 Å². The fraction of sp³-hybridized carbons (Fsp3) is 0.667. The number of imidazole rings is 1. The van der Waals surface area contributed by atoms with Gasteiger partial charge in [-0.2, -0.15) is 12.6 Å². The molecule has 0 saturated carbocycles. The van der Waals surface area contributed by atoms with Crippen LogP contribution in [0.4, 0.5) is 0 Å². The van der Waals surface area contributed by atoms with Gasteiger partial charge < -0.3 is 4.57 Å².